The van der Waals surface area contributed by atoms with Crippen molar-refractivity contribution in [2.45, 2.75) is 71.6 Å². The minimum atomic E-state index is 0.548. The van der Waals surface area contributed by atoms with Gasteiger partial charge in [0.05, 0.1) is 25.0 Å². The second-order valence-electron chi connectivity index (χ2n) is 6.35. The second-order valence-corrected chi connectivity index (χ2v) is 6.35. The van der Waals surface area contributed by atoms with Crippen LogP contribution < -0.4 is 4.74 Å². The quantitative estimate of drug-likeness (QED) is 0.165. The monoisotopic (exact) mass is 346 g/mol. The Balaban J connectivity index is 2.16. The maximum absolute atomic E-state index is 11.1. The molecule has 0 spiro atoms. The first-order chi connectivity index (χ1) is 12.3. The van der Waals surface area contributed by atoms with Crippen molar-refractivity contribution in [3.63, 3.8) is 0 Å². The van der Waals surface area contributed by atoms with Crippen LogP contribution in [0.5, 0.6) is 5.75 Å². The van der Waals surface area contributed by atoms with Crippen molar-refractivity contribution in [3.8, 4) is 5.75 Å². The van der Waals surface area contributed by atoms with Gasteiger partial charge in [0.2, 0.25) is 0 Å². The number of allylic oxidation sites excluding steroid dienone is 1. The first-order valence-electron chi connectivity index (χ1n) is 9.82. The van der Waals surface area contributed by atoms with Gasteiger partial charge in [-0.3, -0.25) is 4.79 Å². The van der Waals surface area contributed by atoms with Crippen LogP contribution in [0, 0.1) is 0 Å². The summed E-state index contributed by atoms with van der Waals surface area (Å²) in [5.74, 6) is 0.852. The van der Waals surface area contributed by atoms with Gasteiger partial charge in [0.1, 0.15) is 5.75 Å². The maximum atomic E-state index is 11.1. The van der Waals surface area contributed by atoms with Crippen LogP contribution in [0.4, 0.5) is 0 Å². The van der Waals surface area contributed by atoms with Crippen molar-refractivity contribution in [3.05, 3.63) is 36.1 Å². The number of unbranched alkanes of at least 4 members (excludes halogenated alkanes) is 8. The van der Waals surface area contributed by atoms with Crippen molar-refractivity contribution in [2.24, 2.45) is 0 Å². The van der Waals surface area contributed by atoms with Crippen LogP contribution in [0.15, 0.2) is 30.5 Å². The van der Waals surface area contributed by atoms with Crippen molar-refractivity contribution in [1.82, 2.24) is 0 Å². The highest BCUT2D eigenvalue weighted by Crippen LogP contribution is 2.18. The number of aldehydes is 1. The summed E-state index contributed by atoms with van der Waals surface area (Å²) in [6, 6.07) is 7.61. The fraction of sp³-hybridized carbons (Fsp3) is 0.591. The second kappa shape index (κ2) is 14.6. The molecule has 3 nitrogen and oxygen atoms in total. The van der Waals surface area contributed by atoms with E-state index in [9.17, 15) is 4.79 Å². The number of rotatable bonds is 15. The molecule has 0 aliphatic rings. The SMILES string of the molecule is CCCCCCCCCCCOc1ccc(C(C=O)=COCC)cc1. The molecule has 1 rings (SSSR count). The van der Waals surface area contributed by atoms with E-state index in [-0.39, 0.29) is 0 Å². The van der Waals surface area contributed by atoms with Crippen LogP contribution in [0.3, 0.4) is 0 Å². The summed E-state index contributed by atoms with van der Waals surface area (Å²) in [7, 11) is 0. The van der Waals surface area contributed by atoms with E-state index in [1.54, 1.807) is 0 Å². The summed E-state index contributed by atoms with van der Waals surface area (Å²) in [6.45, 7) is 5.45. The lowest BCUT2D eigenvalue weighted by Gasteiger charge is -2.07. The van der Waals surface area contributed by atoms with E-state index in [1.807, 2.05) is 31.2 Å². The predicted octanol–water partition coefficient (Wildman–Crippen LogP) is 6.17. The van der Waals surface area contributed by atoms with Crippen LogP contribution in [-0.4, -0.2) is 19.5 Å². The Hall–Kier alpha value is -1.77. The molecular weight excluding hydrogens is 312 g/mol. The lowest BCUT2D eigenvalue weighted by molar-refractivity contribution is -0.103. The van der Waals surface area contributed by atoms with Crippen LogP contribution in [0.2, 0.25) is 0 Å². The van der Waals surface area contributed by atoms with E-state index in [0.717, 1.165) is 30.6 Å². The molecule has 3 heteroatoms. The van der Waals surface area contributed by atoms with E-state index in [2.05, 4.69) is 6.92 Å². The van der Waals surface area contributed by atoms with Gasteiger partial charge in [-0.05, 0) is 31.0 Å². The Labute approximate surface area is 153 Å². The normalized spacial score (nSPS) is 11.4. The average Bonchev–Trinajstić information content (AvgIpc) is 2.65. The van der Waals surface area contributed by atoms with Crippen LogP contribution in [-0.2, 0) is 9.53 Å². The molecule has 0 aromatic heterocycles. The highest BCUT2D eigenvalue weighted by atomic mass is 16.5. The number of carbonyl (C=O) groups excluding carboxylic acids is 1. The number of carbonyl (C=O) groups is 1. The third-order valence-electron chi connectivity index (χ3n) is 4.21. The molecule has 25 heavy (non-hydrogen) atoms. The lowest BCUT2D eigenvalue weighted by atomic mass is 10.1. The van der Waals surface area contributed by atoms with Crippen LogP contribution in [0.25, 0.3) is 5.57 Å². The van der Waals surface area contributed by atoms with E-state index in [0.29, 0.717) is 12.2 Å². The minimum absolute atomic E-state index is 0.548. The van der Waals surface area contributed by atoms with Gasteiger partial charge >= 0.3 is 0 Å². The van der Waals surface area contributed by atoms with E-state index in [1.165, 1.54) is 57.6 Å². The van der Waals surface area contributed by atoms with Crippen molar-refractivity contribution in [1.29, 1.82) is 0 Å². The molecule has 0 N–H and O–H groups in total. The fourth-order valence-corrected chi connectivity index (χ4v) is 2.68. The molecule has 0 amide bonds. The van der Waals surface area contributed by atoms with Gasteiger partial charge < -0.3 is 9.47 Å². The Morgan fingerprint density at radius 2 is 1.48 bits per heavy atom. The first-order valence-corrected chi connectivity index (χ1v) is 9.82. The Bertz CT molecular complexity index is 477. The Morgan fingerprint density at radius 1 is 0.880 bits per heavy atom. The summed E-state index contributed by atoms with van der Waals surface area (Å²) in [4.78, 5) is 11.1. The lowest BCUT2D eigenvalue weighted by Crippen LogP contribution is -1.97. The summed E-state index contributed by atoms with van der Waals surface area (Å²) in [5.41, 5.74) is 1.39. The van der Waals surface area contributed by atoms with Gasteiger partial charge in [-0.1, -0.05) is 70.4 Å². The van der Waals surface area contributed by atoms with E-state index < -0.39 is 0 Å². The fourth-order valence-electron chi connectivity index (χ4n) is 2.68. The first kappa shape index (κ1) is 21.3. The number of hydrogen-bond donors (Lipinski definition) is 0. The molecule has 1 aromatic carbocycles. The molecule has 0 bridgehead atoms. The van der Waals surface area contributed by atoms with E-state index in [4.69, 9.17) is 9.47 Å². The van der Waals surface area contributed by atoms with Crippen LogP contribution in [0.1, 0.15) is 77.2 Å². The standard InChI is InChI=1S/C22H34O3/c1-3-5-6-7-8-9-10-11-12-17-25-22-15-13-20(14-16-22)21(18-23)19-24-4-2/h13-16,18-19H,3-12,17H2,1-2H3. The third-order valence-corrected chi connectivity index (χ3v) is 4.21. The van der Waals surface area contributed by atoms with Crippen molar-refractivity contribution < 1.29 is 14.3 Å². The van der Waals surface area contributed by atoms with Gasteiger partial charge in [-0.15, -0.1) is 0 Å². The van der Waals surface area contributed by atoms with E-state index >= 15 is 0 Å². The van der Waals surface area contributed by atoms with Crippen molar-refractivity contribution >= 4 is 11.9 Å². The predicted molar refractivity (Wildman–Crippen MR) is 105 cm³/mol. The molecule has 0 unspecified atom stereocenters. The van der Waals surface area contributed by atoms with Gasteiger partial charge in [0.15, 0.2) is 6.29 Å². The zero-order chi connectivity index (χ0) is 18.2. The van der Waals surface area contributed by atoms with Crippen LogP contribution >= 0.6 is 0 Å². The Morgan fingerprint density at radius 3 is 2.04 bits per heavy atom. The van der Waals surface area contributed by atoms with Crippen molar-refractivity contribution in [2.75, 3.05) is 13.2 Å². The largest absolute Gasteiger partial charge is 0.501 e. The molecule has 0 aliphatic carbocycles. The summed E-state index contributed by atoms with van der Waals surface area (Å²) in [5, 5.41) is 0. The smallest absolute Gasteiger partial charge is 0.153 e. The van der Waals surface area contributed by atoms with Gasteiger partial charge in [0.25, 0.3) is 0 Å². The highest BCUT2D eigenvalue weighted by molar-refractivity contribution is 6.06. The average molecular weight is 347 g/mol. The number of ether oxygens (including phenoxy) is 2. The molecule has 0 radical (unpaired) electrons. The molecular formula is C22H34O3. The van der Waals surface area contributed by atoms with Gasteiger partial charge in [-0.2, -0.15) is 0 Å². The Kier molecular flexibility index (Phi) is 12.4. The molecule has 0 aliphatic heterocycles. The minimum Gasteiger partial charge on any atom is -0.501 e. The molecule has 0 heterocycles. The molecule has 140 valence electrons. The molecule has 0 saturated carbocycles. The molecule has 1 aromatic rings. The topological polar surface area (TPSA) is 35.5 Å². The summed E-state index contributed by atoms with van der Waals surface area (Å²) in [6.07, 6.45) is 14.1. The molecule has 0 atom stereocenters. The summed E-state index contributed by atoms with van der Waals surface area (Å²) < 4.78 is 11.0. The molecule has 0 saturated heterocycles. The number of hydrogen-bond acceptors (Lipinski definition) is 3. The zero-order valence-electron chi connectivity index (χ0n) is 16.0. The van der Waals surface area contributed by atoms with Gasteiger partial charge in [-0.25, -0.2) is 0 Å². The molecule has 0 fully saturated rings. The zero-order valence-corrected chi connectivity index (χ0v) is 16.0. The maximum Gasteiger partial charge on any atom is 0.153 e. The number of benzene rings is 1. The third kappa shape index (κ3) is 9.96. The van der Waals surface area contributed by atoms with Gasteiger partial charge in [0, 0.05) is 0 Å². The summed E-state index contributed by atoms with van der Waals surface area (Å²) >= 11 is 0. The highest BCUT2D eigenvalue weighted by Gasteiger charge is 2.02.